The third-order valence-electron chi connectivity index (χ3n) is 7.00. The Hall–Kier alpha value is -3.66. The molecule has 4 nitrogen and oxygen atoms in total. The number of carbonyl (C=O) groups is 2. The van der Waals surface area contributed by atoms with E-state index in [0.29, 0.717) is 24.2 Å². The minimum Gasteiger partial charge on any atom is -0.462 e. The fourth-order valence-electron chi connectivity index (χ4n) is 5.40. The highest BCUT2D eigenvalue weighted by molar-refractivity contribution is 6.05. The Morgan fingerprint density at radius 1 is 0.971 bits per heavy atom. The minimum absolute atomic E-state index is 0.0900. The molecule has 4 heteroatoms. The Bertz CT molecular complexity index is 1340. The molecule has 1 N–H and O–H groups in total. The van der Waals surface area contributed by atoms with Crippen LogP contribution >= 0.6 is 0 Å². The lowest BCUT2D eigenvalue weighted by molar-refractivity contribution is -0.140. The van der Waals surface area contributed by atoms with E-state index in [0.717, 1.165) is 34.2 Å². The number of fused-ring (bicyclic) bond motifs is 1. The van der Waals surface area contributed by atoms with Crippen LogP contribution in [0.5, 0.6) is 0 Å². The molecule has 3 aromatic carbocycles. The van der Waals surface area contributed by atoms with Crippen molar-refractivity contribution >= 4 is 22.5 Å². The van der Waals surface area contributed by atoms with E-state index in [-0.39, 0.29) is 23.6 Å². The fourth-order valence-corrected chi connectivity index (χ4v) is 5.40. The van der Waals surface area contributed by atoms with Crippen molar-refractivity contribution in [3.05, 3.63) is 106 Å². The van der Waals surface area contributed by atoms with Crippen LogP contribution in [0, 0.1) is 5.92 Å². The average Bonchev–Trinajstić information content (AvgIpc) is 2.86. The van der Waals surface area contributed by atoms with Gasteiger partial charge in [-0.25, -0.2) is 4.79 Å². The maximum Gasteiger partial charge on any atom is 0.336 e. The van der Waals surface area contributed by atoms with E-state index in [1.807, 2.05) is 63.2 Å². The fraction of sp³-hybridized carbons (Fsp3) is 0.290. The van der Waals surface area contributed by atoms with Crippen LogP contribution in [0.4, 0.5) is 0 Å². The van der Waals surface area contributed by atoms with Gasteiger partial charge in [-0.2, -0.15) is 0 Å². The molecule has 0 bridgehead atoms. The second kappa shape index (κ2) is 9.53. The summed E-state index contributed by atoms with van der Waals surface area (Å²) >= 11 is 0. The predicted molar refractivity (Wildman–Crippen MR) is 139 cm³/mol. The van der Waals surface area contributed by atoms with Crippen molar-refractivity contribution in [2.45, 2.75) is 45.4 Å². The van der Waals surface area contributed by atoms with Gasteiger partial charge in [-0.3, -0.25) is 4.79 Å². The number of ether oxygens (including phenoxy) is 1. The Kier molecular flexibility index (Phi) is 6.29. The van der Waals surface area contributed by atoms with Gasteiger partial charge >= 0.3 is 5.97 Å². The summed E-state index contributed by atoms with van der Waals surface area (Å²) in [5.74, 6) is -0.380. The second-order valence-electron chi connectivity index (χ2n) is 9.99. The van der Waals surface area contributed by atoms with Crippen LogP contribution < -0.4 is 5.32 Å². The second-order valence-corrected chi connectivity index (χ2v) is 9.99. The topological polar surface area (TPSA) is 55.4 Å². The van der Waals surface area contributed by atoms with Gasteiger partial charge in [-0.05, 0) is 47.1 Å². The number of nitrogens with one attached hydrogen (secondary N) is 1. The van der Waals surface area contributed by atoms with Crippen molar-refractivity contribution in [1.29, 1.82) is 0 Å². The van der Waals surface area contributed by atoms with E-state index >= 15 is 0 Å². The molecule has 0 saturated carbocycles. The normalized spacial score (nSPS) is 20.2. The number of Topliss-reactive ketones (excluding diaryl/α,β-unsaturated/α-hetero) is 1. The summed E-state index contributed by atoms with van der Waals surface area (Å²) in [6, 6.07) is 24.5. The molecule has 2 aliphatic rings. The standard InChI is InChI=1S/C31H31NO3/c1-19(2)18-35-31(34)28-20(3)32-26-16-23(21-10-5-4-6-11-21)17-27(33)30(26)29(28)25-15-9-13-22-12-7-8-14-24(22)25/h4-15,19,23,29,32H,16-18H2,1-3H3/t23-,29+/m0/s1. The summed E-state index contributed by atoms with van der Waals surface area (Å²) in [5, 5.41) is 5.59. The van der Waals surface area contributed by atoms with Gasteiger partial charge in [0.25, 0.3) is 0 Å². The molecule has 0 amide bonds. The van der Waals surface area contributed by atoms with Crippen molar-refractivity contribution in [3.8, 4) is 0 Å². The molecule has 35 heavy (non-hydrogen) atoms. The molecule has 1 aliphatic carbocycles. The van der Waals surface area contributed by atoms with Gasteiger partial charge in [-0.1, -0.05) is 86.6 Å². The summed E-state index contributed by atoms with van der Waals surface area (Å²) in [7, 11) is 0. The summed E-state index contributed by atoms with van der Waals surface area (Å²) in [5.41, 5.74) is 5.06. The molecule has 1 aliphatic heterocycles. The Morgan fingerprint density at radius 3 is 2.46 bits per heavy atom. The van der Waals surface area contributed by atoms with Crippen LogP contribution in [0.1, 0.15) is 56.6 Å². The molecule has 0 spiro atoms. The van der Waals surface area contributed by atoms with Gasteiger partial charge in [0.2, 0.25) is 0 Å². The first-order valence-corrected chi connectivity index (χ1v) is 12.4. The van der Waals surface area contributed by atoms with E-state index < -0.39 is 5.92 Å². The number of ketones is 1. The third kappa shape index (κ3) is 4.41. The van der Waals surface area contributed by atoms with Gasteiger partial charge < -0.3 is 10.1 Å². The maximum absolute atomic E-state index is 13.8. The maximum atomic E-state index is 13.8. The molecule has 1 heterocycles. The van der Waals surface area contributed by atoms with Crippen molar-refractivity contribution < 1.29 is 14.3 Å². The van der Waals surface area contributed by atoms with Crippen molar-refractivity contribution in [2.75, 3.05) is 6.61 Å². The van der Waals surface area contributed by atoms with Gasteiger partial charge in [0.1, 0.15) is 0 Å². The first-order chi connectivity index (χ1) is 16.9. The van der Waals surface area contributed by atoms with Gasteiger partial charge in [0.15, 0.2) is 5.78 Å². The molecule has 0 aromatic heterocycles. The summed E-state index contributed by atoms with van der Waals surface area (Å²) in [6.45, 7) is 6.30. The van der Waals surface area contributed by atoms with E-state index in [9.17, 15) is 9.59 Å². The number of carbonyl (C=O) groups excluding carboxylic acids is 2. The molecule has 178 valence electrons. The lowest BCUT2D eigenvalue weighted by Crippen LogP contribution is -2.36. The zero-order valence-corrected chi connectivity index (χ0v) is 20.5. The van der Waals surface area contributed by atoms with Crippen LogP contribution in [0.2, 0.25) is 0 Å². The van der Waals surface area contributed by atoms with Crippen LogP contribution in [0.3, 0.4) is 0 Å². The lowest BCUT2D eigenvalue weighted by atomic mass is 9.71. The zero-order chi connectivity index (χ0) is 24.5. The van der Waals surface area contributed by atoms with Gasteiger partial charge in [0.05, 0.1) is 12.2 Å². The SMILES string of the molecule is CC1=C(C(=O)OCC(C)C)[C@@H](c2cccc3ccccc23)C2=C(C[C@H](c3ccccc3)CC2=O)N1. The molecular formula is C31H31NO3. The van der Waals surface area contributed by atoms with Crippen LogP contribution in [0.15, 0.2) is 95.3 Å². The highest BCUT2D eigenvalue weighted by atomic mass is 16.5. The summed E-state index contributed by atoms with van der Waals surface area (Å²) < 4.78 is 5.71. The van der Waals surface area contributed by atoms with E-state index in [4.69, 9.17) is 4.74 Å². The number of hydrogen-bond donors (Lipinski definition) is 1. The van der Waals surface area contributed by atoms with E-state index in [1.54, 1.807) is 0 Å². The van der Waals surface area contributed by atoms with Crippen molar-refractivity contribution in [2.24, 2.45) is 5.92 Å². The highest BCUT2D eigenvalue weighted by Crippen LogP contribution is 2.47. The highest BCUT2D eigenvalue weighted by Gasteiger charge is 2.41. The first-order valence-electron chi connectivity index (χ1n) is 12.4. The number of hydrogen-bond acceptors (Lipinski definition) is 4. The van der Waals surface area contributed by atoms with Crippen LogP contribution in [-0.2, 0) is 14.3 Å². The molecule has 0 fully saturated rings. The number of dihydropyridines is 1. The third-order valence-corrected chi connectivity index (χ3v) is 7.00. The Balaban J connectivity index is 1.64. The summed E-state index contributed by atoms with van der Waals surface area (Å²) in [4.78, 5) is 27.2. The van der Waals surface area contributed by atoms with Gasteiger partial charge in [-0.15, -0.1) is 0 Å². The quantitative estimate of drug-likeness (QED) is 0.443. The predicted octanol–water partition coefficient (Wildman–Crippen LogP) is 6.40. The van der Waals surface area contributed by atoms with E-state index in [1.165, 1.54) is 5.56 Å². The van der Waals surface area contributed by atoms with Crippen LogP contribution in [-0.4, -0.2) is 18.4 Å². The zero-order valence-electron chi connectivity index (χ0n) is 20.5. The molecular weight excluding hydrogens is 434 g/mol. The molecule has 2 atom stereocenters. The Morgan fingerprint density at radius 2 is 1.69 bits per heavy atom. The number of allylic oxidation sites excluding steroid dienone is 3. The lowest BCUT2D eigenvalue weighted by Gasteiger charge is -2.37. The van der Waals surface area contributed by atoms with Gasteiger partial charge in [0, 0.05) is 29.3 Å². The van der Waals surface area contributed by atoms with Crippen molar-refractivity contribution in [1.82, 2.24) is 5.32 Å². The van der Waals surface area contributed by atoms with E-state index in [2.05, 4.69) is 35.6 Å². The Labute approximate surface area is 206 Å². The number of benzene rings is 3. The average molecular weight is 466 g/mol. The summed E-state index contributed by atoms with van der Waals surface area (Å²) in [6.07, 6.45) is 1.16. The monoisotopic (exact) mass is 465 g/mol. The molecule has 3 aromatic rings. The first kappa shape index (κ1) is 23.1. The van der Waals surface area contributed by atoms with Crippen LogP contribution in [0.25, 0.3) is 10.8 Å². The molecule has 0 unspecified atom stereocenters. The molecule has 5 rings (SSSR count). The molecule has 0 radical (unpaired) electrons. The minimum atomic E-state index is -0.457. The number of rotatable bonds is 5. The molecule has 0 saturated heterocycles. The van der Waals surface area contributed by atoms with Crippen molar-refractivity contribution in [3.63, 3.8) is 0 Å². The smallest absolute Gasteiger partial charge is 0.336 e. The number of esters is 1. The largest absolute Gasteiger partial charge is 0.462 e.